The molecule has 3 amide bonds. The summed E-state index contributed by atoms with van der Waals surface area (Å²) in [6.45, 7) is 5.20. The van der Waals surface area contributed by atoms with E-state index < -0.39 is 34.5 Å². The summed E-state index contributed by atoms with van der Waals surface area (Å²) in [5.41, 5.74) is 2.55. The Morgan fingerprint density at radius 3 is 2.30 bits per heavy atom. The molecule has 0 fully saturated rings. The number of carbonyl (C=O) groups excluding carboxylic acids is 3. The summed E-state index contributed by atoms with van der Waals surface area (Å²) in [6, 6.07) is 10.4. The molecule has 0 aliphatic rings. The Hall–Kier alpha value is -3.44. The van der Waals surface area contributed by atoms with Crippen molar-refractivity contribution >= 4 is 33.6 Å². The van der Waals surface area contributed by atoms with Crippen molar-refractivity contribution in [2.75, 3.05) is 25.1 Å². The van der Waals surface area contributed by atoms with Crippen molar-refractivity contribution in [2.24, 2.45) is 0 Å². The zero-order valence-corrected chi connectivity index (χ0v) is 19.5. The van der Waals surface area contributed by atoms with E-state index in [1.54, 1.807) is 12.1 Å². The van der Waals surface area contributed by atoms with E-state index in [1.165, 1.54) is 24.3 Å². The highest BCUT2D eigenvalue weighted by Crippen LogP contribution is 2.16. The molecular weight excluding hydrogens is 450 g/mol. The van der Waals surface area contributed by atoms with Gasteiger partial charge in [0.15, 0.2) is 6.61 Å². The Kier molecular flexibility index (Phi) is 9.37. The molecule has 0 aliphatic heterocycles. The summed E-state index contributed by atoms with van der Waals surface area (Å²) in [4.78, 5) is 35.5. The van der Waals surface area contributed by atoms with Gasteiger partial charge in [0, 0.05) is 12.2 Å². The van der Waals surface area contributed by atoms with Crippen LogP contribution in [0.4, 0.5) is 10.5 Å². The van der Waals surface area contributed by atoms with Gasteiger partial charge in [0.2, 0.25) is 10.0 Å². The number of nitrogens with one attached hydrogen (secondary N) is 3. The van der Waals surface area contributed by atoms with E-state index in [-0.39, 0.29) is 17.9 Å². The SMILES string of the molecule is CCOc1ccc(S(=O)(=O)NCCC(=O)OCC(=O)NC(=O)Nc2ccc(C)c(C)c2)cc1. The van der Waals surface area contributed by atoms with Crippen LogP contribution in [0.1, 0.15) is 24.5 Å². The molecule has 0 bridgehead atoms. The lowest BCUT2D eigenvalue weighted by Gasteiger charge is -2.10. The molecule has 0 heterocycles. The van der Waals surface area contributed by atoms with Crippen LogP contribution in [0.2, 0.25) is 0 Å². The van der Waals surface area contributed by atoms with Crippen molar-refractivity contribution < 1.29 is 32.3 Å². The van der Waals surface area contributed by atoms with Crippen LogP contribution >= 0.6 is 0 Å². The molecule has 0 saturated carbocycles. The highest BCUT2D eigenvalue weighted by Gasteiger charge is 2.16. The molecule has 2 rings (SSSR count). The van der Waals surface area contributed by atoms with E-state index in [4.69, 9.17) is 9.47 Å². The lowest BCUT2D eigenvalue weighted by Crippen LogP contribution is -2.37. The Morgan fingerprint density at radius 1 is 0.970 bits per heavy atom. The first-order valence-corrected chi connectivity index (χ1v) is 11.6. The highest BCUT2D eigenvalue weighted by molar-refractivity contribution is 7.89. The number of hydrogen-bond donors (Lipinski definition) is 3. The molecule has 10 nitrogen and oxygen atoms in total. The van der Waals surface area contributed by atoms with E-state index >= 15 is 0 Å². The van der Waals surface area contributed by atoms with Crippen LogP contribution in [0.15, 0.2) is 47.4 Å². The third-order valence-corrected chi connectivity index (χ3v) is 5.93. The number of anilines is 1. The summed E-state index contributed by atoms with van der Waals surface area (Å²) < 4.78 is 36.8. The van der Waals surface area contributed by atoms with Crippen LogP contribution < -0.4 is 20.1 Å². The number of rotatable bonds is 10. The molecule has 0 aliphatic carbocycles. The predicted molar refractivity (Wildman–Crippen MR) is 121 cm³/mol. The smallest absolute Gasteiger partial charge is 0.325 e. The topological polar surface area (TPSA) is 140 Å². The fraction of sp³-hybridized carbons (Fsp3) is 0.318. The van der Waals surface area contributed by atoms with Gasteiger partial charge in [0.05, 0.1) is 17.9 Å². The molecule has 2 aromatic carbocycles. The number of esters is 1. The molecule has 0 unspecified atom stereocenters. The minimum absolute atomic E-state index is 0.0217. The molecule has 0 aromatic heterocycles. The quantitative estimate of drug-likeness (QED) is 0.446. The fourth-order valence-electron chi connectivity index (χ4n) is 2.61. The maximum absolute atomic E-state index is 12.2. The molecule has 0 spiro atoms. The van der Waals surface area contributed by atoms with Crippen molar-refractivity contribution in [1.82, 2.24) is 10.0 Å². The number of benzene rings is 2. The second-order valence-corrected chi connectivity index (χ2v) is 8.78. The maximum Gasteiger partial charge on any atom is 0.325 e. The van der Waals surface area contributed by atoms with Gasteiger partial charge in [-0.2, -0.15) is 0 Å². The zero-order valence-electron chi connectivity index (χ0n) is 18.6. The number of carbonyl (C=O) groups is 3. The minimum Gasteiger partial charge on any atom is -0.494 e. The normalized spacial score (nSPS) is 10.9. The van der Waals surface area contributed by atoms with Crippen LogP contribution in [-0.2, 0) is 24.3 Å². The van der Waals surface area contributed by atoms with E-state index in [9.17, 15) is 22.8 Å². The number of sulfonamides is 1. The molecule has 3 N–H and O–H groups in total. The van der Waals surface area contributed by atoms with E-state index in [0.29, 0.717) is 18.0 Å². The summed E-state index contributed by atoms with van der Waals surface area (Å²) in [7, 11) is -3.82. The minimum atomic E-state index is -3.82. The molecule has 0 atom stereocenters. The van der Waals surface area contributed by atoms with Crippen molar-refractivity contribution in [3.8, 4) is 5.75 Å². The standard InChI is InChI=1S/C22H27N3O7S/c1-4-31-18-7-9-19(10-8-18)33(29,30)23-12-11-21(27)32-14-20(26)25-22(28)24-17-6-5-15(2)16(3)13-17/h5-10,13,23H,4,11-12,14H2,1-3H3,(H2,24,25,26,28). The van der Waals surface area contributed by atoms with Gasteiger partial charge in [0.25, 0.3) is 5.91 Å². The first kappa shape index (κ1) is 25.8. The Labute approximate surface area is 192 Å². The van der Waals surface area contributed by atoms with Crippen LogP contribution in [0.25, 0.3) is 0 Å². The number of urea groups is 1. The first-order valence-electron chi connectivity index (χ1n) is 10.2. The van der Waals surface area contributed by atoms with Gasteiger partial charge in [-0.25, -0.2) is 17.9 Å². The Morgan fingerprint density at radius 2 is 1.67 bits per heavy atom. The number of aryl methyl sites for hydroxylation is 2. The van der Waals surface area contributed by atoms with Gasteiger partial charge >= 0.3 is 12.0 Å². The van der Waals surface area contributed by atoms with Crippen molar-refractivity contribution in [1.29, 1.82) is 0 Å². The van der Waals surface area contributed by atoms with Gasteiger partial charge in [0.1, 0.15) is 5.75 Å². The van der Waals surface area contributed by atoms with Gasteiger partial charge in [-0.15, -0.1) is 0 Å². The molecule has 0 saturated heterocycles. The molecule has 2 aromatic rings. The zero-order chi connectivity index (χ0) is 24.4. The summed E-state index contributed by atoms with van der Waals surface area (Å²) in [5, 5.41) is 4.55. The average molecular weight is 478 g/mol. The Balaban J connectivity index is 1.70. The second-order valence-electron chi connectivity index (χ2n) is 7.01. The average Bonchev–Trinajstić information content (AvgIpc) is 2.75. The van der Waals surface area contributed by atoms with Crippen LogP contribution in [-0.4, -0.2) is 46.1 Å². The van der Waals surface area contributed by atoms with Crippen LogP contribution in [0, 0.1) is 13.8 Å². The summed E-state index contributed by atoms with van der Waals surface area (Å²) >= 11 is 0. The van der Waals surface area contributed by atoms with Crippen molar-refractivity contribution in [3.05, 3.63) is 53.6 Å². The molecule has 33 heavy (non-hydrogen) atoms. The summed E-state index contributed by atoms with van der Waals surface area (Å²) in [5.74, 6) is -1.07. The molecule has 0 radical (unpaired) electrons. The fourth-order valence-corrected chi connectivity index (χ4v) is 3.65. The number of ether oxygens (including phenoxy) is 2. The Bertz CT molecular complexity index is 1100. The number of amides is 3. The maximum atomic E-state index is 12.2. The number of imide groups is 1. The second kappa shape index (κ2) is 12.0. The first-order chi connectivity index (χ1) is 15.6. The van der Waals surface area contributed by atoms with Crippen LogP contribution in [0.3, 0.4) is 0 Å². The van der Waals surface area contributed by atoms with Crippen molar-refractivity contribution in [3.63, 3.8) is 0 Å². The molecule has 178 valence electrons. The van der Waals surface area contributed by atoms with E-state index in [2.05, 4.69) is 10.0 Å². The van der Waals surface area contributed by atoms with Crippen molar-refractivity contribution in [2.45, 2.75) is 32.1 Å². The predicted octanol–water partition coefficient (Wildman–Crippen LogP) is 2.26. The van der Waals surface area contributed by atoms with E-state index in [0.717, 1.165) is 11.1 Å². The largest absolute Gasteiger partial charge is 0.494 e. The highest BCUT2D eigenvalue weighted by atomic mass is 32.2. The van der Waals surface area contributed by atoms with Gasteiger partial charge < -0.3 is 14.8 Å². The van der Waals surface area contributed by atoms with Crippen LogP contribution in [0.5, 0.6) is 5.75 Å². The third-order valence-electron chi connectivity index (χ3n) is 4.45. The monoisotopic (exact) mass is 477 g/mol. The van der Waals surface area contributed by atoms with Gasteiger partial charge in [-0.1, -0.05) is 6.07 Å². The van der Waals surface area contributed by atoms with Gasteiger partial charge in [-0.3, -0.25) is 14.9 Å². The molecule has 11 heteroatoms. The molecular formula is C22H27N3O7S. The number of hydrogen-bond acceptors (Lipinski definition) is 7. The van der Waals surface area contributed by atoms with Gasteiger partial charge in [-0.05, 0) is 68.3 Å². The van der Waals surface area contributed by atoms with E-state index in [1.807, 2.05) is 32.2 Å². The summed E-state index contributed by atoms with van der Waals surface area (Å²) in [6.07, 6.45) is -0.293. The third kappa shape index (κ3) is 8.54. The lowest BCUT2D eigenvalue weighted by molar-refractivity contribution is -0.148. The lowest BCUT2D eigenvalue weighted by atomic mass is 10.1.